The maximum Gasteiger partial charge on any atom is 0.432 e. The zero-order valence-electron chi connectivity index (χ0n) is 9.23. The topological polar surface area (TPSA) is 41.3 Å². The van der Waals surface area contributed by atoms with Gasteiger partial charge in [-0.25, -0.2) is 0 Å². The number of nitrogens with two attached hydrogens (primary N) is 1. The van der Waals surface area contributed by atoms with Crippen LogP contribution in [-0.2, 0) is 0 Å². The third-order valence-electron chi connectivity index (χ3n) is 2.20. The predicted octanol–water partition coefficient (Wildman–Crippen LogP) is 1.28. The summed E-state index contributed by atoms with van der Waals surface area (Å²) in [5.41, 5.74) is 4.62. The number of hydrogen-bond acceptors (Lipinski definition) is 3. The van der Waals surface area contributed by atoms with Gasteiger partial charge >= 0.3 is 6.18 Å². The minimum atomic E-state index is -4.35. The highest BCUT2D eigenvalue weighted by Crippen LogP contribution is 2.28. The van der Waals surface area contributed by atoms with E-state index in [0.29, 0.717) is 13.0 Å². The molecule has 0 aliphatic rings. The van der Waals surface area contributed by atoms with Gasteiger partial charge in [-0.3, -0.25) is 0 Å². The van der Waals surface area contributed by atoms with E-state index in [9.17, 15) is 13.2 Å². The number of nitrogens with one attached hydrogen (secondary N) is 1. The molecule has 3 N–H and O–H groups in total. The average molecular weight is 225 g/mol. The molecule has 0 fully saturated rings. The summed E-state index contributed by atoms with van der Waals surface area (Å²) < 4.78 is 37.7. The van der Waals surface area contributed by atoms with E-state index in [0.717, 1.165) is 6.20 Å². The summed E-state index contributed by atoms with van der Waals surface area (Å²) in [4.78, 5) is 1.18. The van der Waals surface area contributed by atoms with Crippen molar-refractivity contribution >= 4 is 0 Å². The van der Waals surface area contributed by atoms with Crippen LogP contribution in [0.1, 0.15) is 13.3 Å². The molecule has 0 amide bonds. The second-order valence-corrected chi connectivity index (χ2v) is 3.35. The van der Waals surface area contributed by atoms with Gasteiger partial charge in [0.05, 0.1) is 0 Å². The van der Waals surface area contributed by atoms with Crippen LogP contribution < -0.4 is 11.1 Å². The second kappa shape index (κ2) is 5.85. The Morgan fingerprint density at radius 2 is 2.07 bits per heavy atom. The zero-order chi connectivity index (χ0) is 12.1. The fourth-order valence-electron chi connectivity index (χ4n) is 1.19. The molecule has 1 atom stereocenters. The standard InChI is InChI=1S/C9H18F3N3/c1-7(4-5-13)15(3)8(6-14-2)9(10,11)12/h6-7,14H,4-5,13H2,1-3H3/b8-6-. The van der Waals surface area contributed by atoms with Crippen LogP contribution >= 0.6 is 0 Å². The Hall–Kier alpha value is -0.910. The molecule has 90 valence electrons. The lowest BCUT2D eigenvalue weighted by molar-refractivity contribution is -0.112. The van der Waals surface area contributed by atoms with Crippen molar-refractivity contribution in [2.75, 3.05) is 20.6 Å². The SMILES string of the molecule is CN/C=C(\N(C)C(C)CCN)C(F)(F)F. The Balaban J connectivity index is 4.72. The van der Waals surface area contributed by atoms with Gasteiger partial charge in [0.25, 0.3) is 0 Å². The van der Waals surface area contributed by atoms with Gasteiger partial charge in [0.1, 0.15) is 5.70 Å². The normalized spacial score (nSPS) is 15.0. The minimum Gasteiger partial charge on any atom is -0.392 e. The van der Waals surface area contributed by atoms with Gasteiger partial charge in [-0.15, -0.1) is 0 Å². The van der Waals surface area contributed by atoms with Crippen LogP contribution in [0.15, 0.2) is 11.9 Å². The monoisotopic (exact) mass is 225 g/mol. The van der Waals surface area contributed by atoms with Gasteiger partial charge in [0.2, 0.25) is 0 Å². The fourth-order valence-corrected chi connectivity index (χ4v) is 1.19. The fraction of sp³-hybridized carbons (Fsp3) is 0.778. The number of rotatable bonds is 5. The molecule has 0 saturated heterocycles. The quantitative estimate of drug-likeness (QED) is 0.740. The van der Waals surface area contributed by atoms with Crippen molar-refractivity contribution in [3.8, 4) is 0 Å². The lowest BCUT2D eigenvalue weighted by Gasteiger charge is -2.30. The van der Waals surface area contributed by atoms with Crippen LogP contribution in [-0.4, -0.2) is 37.8 Å². The number of nitrogens with zero attached hydrogens (tertiary/aromatic N) is 1. The molecular weight excluding hydrogens is 207 g/mol. The third kappa shape index (κ3) is 4.42. The number of allylic oxidation sites excluding steroid dienone is 1. The Morgan fingerprint density at radius 1 is 1.53 bits per heavy atom. The molecule has 0 rings (SSSR count). The maximum absolute atomic E-state index is 12.6. The largest absolute Gasteiger partial charge is 0.432 e. The molecule has 0 spiro atoms. The van der Waals surface area contributed by atoms with Crippen LogP contribution in [0.25, 0.3) is 0 Å². The molecule has 0 aliphatic carbocycles. The number of alkyl halides is 3. The predicted molar refractivity (Wildman–Crippen MR) is 54.1 cm³/mol. The number of hydrogen-bond donors (Lipinski definition) is 2. The molecule has 0 heterocycles. The molecule has 3 nitrogen and oxygen atoms in total. The first kappa shape index (κ1) is 14.1. The number of halogens is 3. The smallest absolute Gasteiger partial charge is 0.392 e. The Kier molecular flexibility index (Phi) is 5.49. The van der Waals surface area contributed by atoms with Crippen LogP contribution in [0.3, 0.4) is 0 Å². The summed E-state index contributed by atoms with van der Waals surface area (Å²) >= 11 is 0. The second-order valence-electron chi connectivity index (χ2n) is 3.35. The molecule has 0 aromatic carbocycles. The summed E-state index contributed by atoms with van der Waals surface area (Å²) in [6, 6.07) is -0.240. The van der Waals surface area contributed by atoms with Crippen molar-refractivity contribution in [1.82, 2.24) is 10.2 Å². The molecule has 0 aliphatic heterocycles. The first-order chi connectivity index (χ1) is 6.84. The van der Waals surface area contributed by atoms with E-state index in [4.69, 9.17) is 5.73 Å². The molecule has 0 saturated carbocycles. The van der Waals surface area contributed by atoms with Crippen molar-refractivity contribution in [3.63, 3.8) is 0 Å². The summed E-state index contributed by atoms with van der Waals surface area (Å²) in [5, 5.41) is 2.40. The van der Waals surface area contributed by atoms with Gasteiger partial charge < -0.3 is 16.0 Å². The molecule has 6 heteroatoms. The van der Waals surface area contributed by atoms with E-state index >= 15 is 0 Å². The van der Waals surface area contributed by atoms with Gasteiger partial charge in [-0.2, -0.15) is 13.2 Å². The summed E-state index contributed by atoms with van der Waals surface area (Å²) in [7, 11) is 2.85. The van der Waals surface area contributed by atoms with Crippen molar-refractivity contribution in [2.24, 2.45) is 5.73 Å². The Morgan fingerprint density at radius 3 is 2.40 bits per heavy atom. The maximum atomic E-state index is 12.6. The van der Waals surface area contributed by atoms with Crippen LogP contribution in [0.2, 0.25) is 0 Å². The van der Waals surface area contributed by atoms with E-state index in [-0.39, 0.29) is 6.04 Å². The Bertz CT molecular complexity index is 213. The lowest BCUT2D eigenvalue weighted by atomic mass is 10.2. The molecular formula is C9H18F3N3. The third-order valence-corrected chi connectivity index (χ3v) is 2.20. The molecule has 15 heavy (non-hydrogen) atoms. The molecule has 1 unspecified atom stereocenters. The average Bonchev–Trinajstić information content (AvgIpc) is 2.11. The van der Waals surface area contributed by atoms with Crippen LogP contribution in [0.4, 0.5) is 13.2 Å². The summed E-state index contributed by atoms with van der Waals surface area (Å²) in [5.74, 6) is 0. The first-order valence-electron chi connectivity index (χ1n) is 4.72. The van der Waals surface area contributed by atoms with E-state index in [1.165, 1.54) is 19.0 Å². The van der Waals surface area contributed by atoms with E-state index < -0.39 is 11.9 Å². The summed E-state index contributed by atoms with van der Waals surface area (Å²) in [6.45, 7) is 2.08. The minimum absolute atomic E-state index is 0.240. The molecule has 0 bridgehead atoms. The lowest BCUT2D eigenvalue weighted by Crippen LogP contribution is -2.37. The molecule has 0 radical (unpaired) electrons. The molecule has 0 aromatic heterocycles. The van der Waals surface area contributed by atoms with Gasteiger partial charge in [0, 0.05) is 26.3 Å². The summed E-state index contributed by atoms with van der Waals surface area (Å²) in [6.07, 6.45) is -2.87. The van der Waals surface area contributed by atoms with Gasteiger partial charge in [-0.1, -0.05) is 0 Å². The van der Waals surface area contributed by atoms with Crippen LogP contribution in [0.5, 0.6) is 0 Å². The van der Waals surface area contributed by atoms with Crippen molar-refractivity contribution in [2.45, 2.75) is 25.6 Å². The molecule has 0 aromatic rings. The van der Waals surface area contributed by atoms with E-state index in [1.807, 2.05) is 0 Å². The zero-order valence-corrected chi connectivity index (χ0v) is 9.23. The first-order valence-corrected chi connectivity index (χ1v) is 4.72. The highest BCUT2D eigenvalue weighted by atomic mass is 19.4. The highest BCUT2D eigenvalue weighted by Gasteiger charge is 2.37. The van der Waals surface area contributed by atoms with Crippen LogP contribution in [0, 0.1) is 0 Å². The highest BCUT2D eigenvalue weighted by molar-refractivity contribution is 5.07. The van der Waals surface area contributed by atoms with Gasteiger partial charge in [-0.05, 0) is 19.9 Å². The van der Waals surface area contributed by atoms with Crippen molar-refractivity contribution in [1.29, 1.82) is 0 Å². The Labute approximate surface area is 88.1 Å². The van der Waals surface area contributed by atoms with E-state index in [1.54, 1.807) is 6.92 Å². The van der Waals surface area contributed by atoms with Crippen molar-refractivity contribution in [3.05, 3.63) is 11.9 Å². The van der Waals surface area contributed by atoms with Gasteiger partial charge in [0.15, 0.2) is 0 Å². The van der Waals surface area contributed by atoms with Crippen molar-refractivity contribution < 1.29 is 13.2 Å². The van der Waals surface area contributed by atoms with E-state index in [2.05, 4.69) is 5.32 Å².